The molecule has 0 fully saturated rings. The zero-order valence-corrected chi connectivity index (χ0v) is 12.0. The van der Waals surface area contributed by atoms with E-state index in [2.05, 4.69) is 31.8 Å². The minimum absolute atomic E-state index is 0.00451. The van der Waals surface area contributed by atoms with E-state index >= 15 is 0 Å². The van der Waals surface area contributed by atoms with Crippen molar-refractivity contribution in [2.24, 2.45) is 5.10 Å². The predicted molar refractivity (Wildman–Crippen MR) is 72.6 cm³/mol. The first-order valence-electron chi connectivity index (χ1n) is 5.81. The molecule has 1 aliphatic rings. The summed E-state index contributed by atoms with van der Waals surface area (Å²) < 4.78 is 38.1. The molecule has 0 spiro atoms. The molecule has 112 valence electrons. The lowest BCUT2D eigenvalue weighted by atomic mass is 10.1. The molecule has 0 saturated carbocycles. The van der Waals surface area contributed by atoms with Gasteiger partial charge in [0.15, 0.2) is 0 Å². The minimum Gasteiger partial charge on any atom is -0.321 e. The molecule has 2 amide bonds. The number of carbonyl (C=O) groups is 2. The van der Waals surface area contributed by atoms with Crippen molar-refractivity contribution in [3.05, 3.63) is 28.2 Å². The second-order valence-corrected chi connectivity index (χ2v) is 5.09. The van der Waals surface area contributed by atoms with Crippen molar-refractivity contribution >= 4 is 39.1 Å². The molecule has 9 heteroatoms. The number of halogens is 4. The first-order valence-corrected chi connectivity index (χ1v) is 6.60. The molecule has 21 heavy (non-hydrogen) atoms. The van der Waals surface area contributed by atoms with Gasteiger partial charge in [0.1, 0.15) is 5.71 Å². The summed E-state index contributed by atoms with van der Waals surface area (Å²) in [5, 5.41) is 5.89. The first kappa shape index (κ1) is 15.5. The van der Waals surface area contributed by atoms with E-state index in [1.54, 1.807) is 0 Å². The molecule has 5 nitrogen and oxygen atoms in total. The van der Waals surface area contributed by atoms with Gasteiger partial charge in [-0.25, -0.2) is 5.43 Å². The van der Waals surface area contributed by atoms with E-state index in [1.807, 2.05) is 0 Å². The summed E-state index contributed by atoms with van der Waals surface area (Å²) in [6.45, 7) is 0. The molecule has 1 heterocycles. The summed E-state index contributed by atoms with van der Waals surface area (Å²) in [4.78, 5) is 22.7. The van der Waals surface area contributed by atoms with Crippen LogP contribution in [0.2, 0.25) is 0 Å². The first-order chi connectivity index (χ1) is 9.77. The molecule has 0 atom stereocenters. The number of rotatable bonds is 2. The van der Waals surface area contributed by atoms with Crippen molar-refractivity contribution in [1.82, 2.24) is 5.43 Å². The molecule has 2 rings (SSSR count). The number of benzene rings is 1. The smallest absolute Gasteiger partial charge is 0.321 e. The van der Waals surface area contributed by atoms with Crippen LogP contribution in [0.25, 0.3) is 0 Å². The van der Waals surface area contributed by atoms with Crippen molar-refractivity contribution in [2.45, 2.75) is 19.0 Å². The van der Waals surface area contributed by atoms with Crippen molar-refractivity contribution in [3.8, 4) is 0 Å². The lowest BCUT2D eigenvalue weighted by Crippen LogP contribution is -2.32. The topological polar surface area (TPSA) is 70.6 Å². The maximum atomic E-state index is 12.7. The van der Waals surface area contributed by atoms with Gasteiger partial charge in [0.2, 0.25) is 5.91 Å². The Morgan fingerprint density at radius 2 is 2.05 bits per heavy atom. The molecule has 0 radical (unpaired) electrons. The van der Waals surface area contributed by atoms with Crippen LogP contribution in [-0.4, -0.2) is 17.5 Å². The number of alkyl halides is 3. The molecule has 0 aliphatic carbocycles. The maximum Gasteiger partial charge on any atom is 0.417 e. The minimum atomic E-state index is -4.53. The highest BCUT2D eigenvalue weighted by molar-refractivity contribution is 9.10. The SMILES string of the molecule is O=C1CCC(C(=O)Nc2ccc(Br)c(C(F)(F)F)c2)=NN1. The highest BCUT2D eigenvalue weighted by Crippen LogP contribution is 2.36. The summed E-state index contributed by atoms with van der Waals surface area (Å²) in [5.74, 6) is -0.958. The maximum absolute atomic E-state index is 12.7. The third-order valence-corrected chi connectivity index (χ3v) is 3.39. The van der Waals surface area contributed by atoms with Crippen LogP contribution in [0.4, 0.5) is 18.9 Å². The van der Waals surface area contributed by atoms with Crippen molar-refractivity contribution in [1.29, 1.82) is 0 Å². The van der Waals surface area contributed by atoms with E-state index in [1.165, 1.54) is 12.1 Å². The van der Waals surface area contributed by atoms with Gasteiger partial charge in [0.25, 0.3) is 5.91 Å². The molecule has 1 aromatic carbocycles. The van der Waals surface area contributed by atoms with Crippen molar-refractivity contribution in [2.75, 3.05) is 5.32 Å². The Balaban J connectivity index is 2.17. The lowest BCUT2D eigenvalue weighted by molar-refractivity contribution is -0.138. The number of hydrazone groups is 1. The second-order valence-electron chi connectivity index (χ2n) is 4.24. The van der Waals surface area contributed by atoms with E-state index in [9.17, 15) is 22.8 Å². The lowest BCUT2D eigenvalue weighted by Gasteiger charge is -2.14. The van der Waals surface area contributed by atoms with Crippen LogP contribution in [0.3, 0.4) is 0 Å². The van der Waals surface area contributed by atoms with Crippen molar-refractivity contribution in [3.63, 3.8) is 0 Å². The third kappa shape index (κ3) is 3.81. The zero-order valence-electron chi connectivity index (χ0n) is 10.4. The summed E-state index contributed by atoms with van der Waals surface area (Å²) in [5.41, 5.74) is 1.31. The van der Waals surface area contributed by atoms with Gasteiger partial charge in [-0.05, 0) is 18.2 Å². The zero-order chi connectivity index (χ0) is 15.6. The summed E-state index contributed by atoms with van der Waals surface area (Å²) in [6, 6.07) is 3.35. The molecule has 0 unspecified atom stereocenters. The van der Waals surface area contributed by atoms with Gasteiger partial charge in [-0.2, -0.15) is 18.3 Å². The number of carbonyl (C=O) groups excluding carboxylic acids is 2. The average Bonchev–Trinajstić information content (AvgIpc) is 2.40. The van der Waals surface area contributed by atoms with Gasteiger partial charge < -0.3 is 5.32 Å². The monoisotopic (exact) mass is 363 g/mol. The average molecular weight is 364 g/mol. The van der Waals surface area contributed by atoms with Crippen LogP contribution in [-0.2, 0) is 15.8 Å². The van der Waals surface area contributed by atoms with E-state index in [0.717, 1.165) is 6.07 Å². The fourth-order valence-electron chi connectivity index (χ4n) is 1.66. The Kier molecular flexibility index (Phi) is 4.31. The molecular formula is C12H9BrF3N3O2. The normalized spacial score (nSPS) is 15.2. The fraction of sp³-hybridized carbons (Fsp3) is 0.250. The summed E-state index contributed by atoms with van der Waals surface area (Å²) >= 11 is 2.81. The number of anilines is 1. The molecule has 0 bridgehead atoms. The van der Waals surface area contributed by atoms with Crippen LogP contribution in [0, 0.1) is 0 Å². The van der Waals surface area contributed by atoms with Crippen LogP contribution >= 0.6 is 15.9 Å². The molecular weight excluding hydrogens is 355 g/mol. The van der Waals surface area contributed by atoms with Gasteiger partial charge in [0, 0.05) is 23.0 Å². The van der Waals surface area contributed by atoms with E-state index in [-0.39, 0.29) is 34.6 Å². The Morgan fingerprint density at radius 3 is 2.62 bits per heavy atom. The Bertz CT molecular complexity index is 629. The van der Waals surface area contributed by atoms with Gasteiger partial charge in [-0.1, -0.05) is 15.9 Å². The number of hydrogen-bond donors (Lipinski definition) is 2. The Morgan fingerprint density at radius 1 is 1.33 bits per heavy atom. The molecule has 0 aromatic heterocycles. The van der Waals surface area contributed by atoms with Crippen LogP contribution < -0.4 is 10.7 Å². The Labute approximate surface area is 125 Å². The van der Waals surface area contributed by atoms with E-state index in [4.69, 9.17) is 0 Å². The molecule has 1 aromatic rings. The molecule has 2 N–H and O–H groups in total. The van der Waals surface area contributed by atoms with Gasteiger partial charge in [-0.3, -0.25) is 9.59 Å². The van der Waals surface area contributed by atoms with Crippen LogP contribution in [0.1, 0.15) is 18.4 Å². The van der Waals surface area contributed by atoms with Crippen molar-refractivity contribution < 1.29 is 22.8 Å². The largest absolute Gasteiger partial charge is 0.417 e. The highest BCUT2D eigenvalue weighted by Gasteiger charge is 2.33. The van der Waals surface area contributed by atoms with Gasteiger partial charge >= 0.3 is 6.18 Å². The standard InChI is InChI=1S/C12H9BrF3N3O2/c13-8-2-1-6(5-7(8)12(14,15)16)17-11(21)9-3-4-10(20)19-18-9/h1-2,5H,3-4H2,(H,17,21)(H,19,20). The number of hydrogen-bond acceptors (Lipinski definition) is 3. The predicted octanol–water partition coefficient (Wildman–Crippen LogP) is 2.67. The number of nitrogens with zero attached hydrogens (tertiary/aromatic N) is 1. The van der Waals surface area contributed by atoms with E-state index in [0.29, 0.717) is 0 Å². The number of nitrogens with one attached hydrogen (secondary N) is 2. The van der Waals surface area contributed by atoms with E-state index < -0.39 is 17.6 Å². The molecule has 1 aliphatic heterocycles. The molecule has 0 saturated heterocycles. The van der Waals surface area contributed by atoms with Gasteiger partial charge in [0.05, 0.1) is 5.56 Å². The fourth-order valence-corrected chi connectivity index (χ4v) is 2.13. The highest BCUT2D eigenvalue weighted by atomic mass is 79.9. The third-order valence-electron chi connectivity index (χ3n) is 2.70. The van der Waals surface area contributed by atoms with Crippen LogP contribution in [0.15, 0.2) is 27.8 Å². The van der Waals surface area contributed by atoms with Gasteiger partial charge in [-0.15, -0.1) is 0 Å². The summed E-state index contributed by atoms with van der Waals surface area (Å²) in [6.07, 6.45) is -4.28. The van der Waals surface area contributed by atoms with Crippen LogP contribution in [0.5, 0.6) is 0 Å². The summed E-state index contributed by atoms with van der Waals surface area (Å²) in [7, 11) is 0. The second kappa shape index (κ2) is 5.84. The quantitative estimate of drug-likeness (QED) is 0.847. The number of amides is 2. The Hall–Kier alpha value is -1.90.